The Morgan fingerprint density at radius 3 is 2.58 bits per heavy atom. The molecule has 2 atom stereocenters. The molecule has 0 aromatic heterocycles. The molecule has 0 bridgehead atoms. The number of hydrogen-bond acceptors (Lipinski definition) is 5. The number of Topliss-reactive ketones (excluding diaryl/α,β-unsaturated/α-hetero) is 1. The molecule has 0 saturated heterocycles. The summed E-state index contributed by atoms with van der Waals surface area (Å²) in [5.41, 5.74) is 0.376. The summed E-state index contributed by atoms with van der Waals surface area (Å²) >= 11 is 0. The molecule has 0 unspecified atom stereocenters. The fraction of sp³-hybridized carbons (Fsp3) is 0.417. The third-order valence-corrected chi connectivity index (χ3v) is 3.41. The van der Waals surface area contributed by atoms with Crippen molar-refractivity contribution in [3.05, 3.63) is 50.1 Å². The number of carbonyl (C=O) groups is 1. The van der Waals surface area contributed by atoms with Crippen LogP contribution in [0.4, 0.5) is 5.69 Å². The highest BCUT2D eigenvalue weighted by Gasteiger charge is 2.38. The van der Waals surface area contributed by atoms with Gasteiger partial charge in [0.1, 0.15) is 5.78 Å². The number of nitro benzene ring substituents is 1. The summed E-state index contributed by atoms with van der Waals surface area (Å²) in [5, 5.41) is 21.7. The number of hydrogen-bond donors (Lipinski definition) is 0. The van der Waals surface area contributed by atoms with Crippen molar-refractivity contribution in [3.63, 3.8) is 0 Å². The summed E-state index contributed by atoms with van der Waals surface area (Å²) < 4.78 is 0. The van der Waals surface area contributed by atoms with Crippen molar-refractivity contribution >= 4 is 11.5 Å². The molecule has 1 fully saturated rings. The molecular formula is C12H12N2O5. The van der Waals surface area contributed by atoms with Crippen LogP contribution in [0.25, 0.3) is 0 Å². The standard InChI is InChI=1S/C12H12N2O5/c15-10-4-5-12(14(18)19)11(7-10)8-2-1-3-9(6-8)13(16)17/h1-3,6,11-12H,4-5,7H2/t11-,12+/m1/s1. The second kappa shape index (κ2) is 5.13. The van der Waals surface area contributed by atoms with Gasteiger partial charge in [0, 0.05) is 36.3 Å². The zero-order valence-electron chi connectivity index (χ0n) is 10.0. The molecule has 1 saturated carbocycles. The van der Waals surface area contributed by atoms with E-state index in [0.29, 0.717) is 5.56 Å². The number of rotatable bonds is 3. The number of nitrogens with zero attached hydrogens (tertiary/aromatic N) is 2. The van der Waals surface area contributed by atoms with Crippen LogP contribution in [0.3, 0.4) is 0 Å². The van der Waals surface area contributed by atoms with E-state index in [9.17, 15) is 25.0 Å². The van der Waals surface area contributed by atoms with Gasteiger partial charge in [-0.15, -0.1) is 0 Å². The van der Waals surface area contributed by atoms with Gasteiger partial charge in [0.25, 0.3) is 5.69 Å². The Morgan fingerprint density at radius 2 is 1.95 bits per heavy atom. The van der Waals surface area contributed by atoms with Crippen molar-refractivity contribution in [2.75, 3.05) is 0 Å². The minimum Gasteiger partial charge on any atom is -0.300 e. The average molecular weight is 264 g/mol. The van der Waals surface area contributed by atoms with Gasteiger partial charge in [-0.1, -0.05) is 12.1 Å². The van der Waals surface area contributed by atoms with E-state index in [4.69, 9.17) is 0 Å². The van der Waals surface area contributed by atoms with E-state index in [2.05, 4.69) is 0 Å². The van der Waals surface area contributed by atoms with Gasteiger partial charge in [-0.3, -0.25) is 25.0 Å². The van der Waals surface area contributed by atoms with Gasteiger partial charge in [0.05, 0.1) is 10.8 Å². The summed E-state index contributed by atoms with van der Waals surface area (Å²) in [6, 6.07) is 4.89. The zero-order chi connectivity index (χ0) is 14.0. The number of carbonyl (C=O) groups excluding carboxylic acids is 1. The summed E-state index contributed by atoms with van der Waals surface area (Å²) in [6.45, 7) is 0. The molecule has 1 aromatic carbocycles. The molecule has 7 nitrogen and oxygen atoms in total. The fourth-order valence-electron chi connectivity index (χ4n) is 2.45. The summed E-state index contributed by atoms with van der Waals surface area (Å²) in [6.07, 6.45) is 0.475. The van der Waals surface area contributed by atoms with Crippen molar-refractivity contribution in [3.8, 4) is 0 Å². The molecule has 0 aliphatic heterocycles. The maximum absolute atomic E-state index is 11.5. The Balaban J connectivity index is 2.36. The van der Waals surface area contributed by atoms with Crippen molar-refractivity contribution in [2.24, 2.45) is 0 Å². The third kappa shape index (κ3) is 2.75. The number of benzene rings is 1. The highest BCUT2D eigenvalue weighted by molar-refractivity contribution is 5.80. The maximum Gasteiger partial charge on any atom is 0.269 e. The van der Waals surface area contributed by atoms with Gasteiger partial charge in [-0.25, -0.2) is 0 Å². The Kier molecular flexibility index (Phi) is 3.55. The van der Waals surface area contributed by atoms with Gasteiger partial charge in [0.2, 0.25) is 6.04 Å². The van der Waals surface area contributed by atoms with Gasteiger partial charge < -0.3 is 0 Å². The first-order chi connectivity index (χ1) is 8.99. The van der Waals surface area contributed by atoms with Gasteiger partial charge in [-0.05, 0) is 5.56 Å². The minimum absolute atomic E-state index is 0.0328. The average Bonchev–Trinajstić information content (AvgIpc) is 2.38. The van der Waals surface area contributed by atoms with Crippen LogP contribution in [0, 0.1) is 20.2 Å². The monoisotopic (exact) mass is 264 g/mol. The van der Waals surface area contributed by atoms with Crippen molar-refractivity contribution in [1.82, 2.24) is 0 Å². The van der Waals surface area contributed by atoms with Gasteiger partial charge in [0.15, 0.2) is 0 Å². The zero-order valence-corrected chi connectivity index (χ0v) is 10.0. The van der Waals surface area contributed by atoms with Crippen LogP contribution in [-0.4, -0.2) is 21.7 Å². The van der Waals surface area contributed by atoms with E-state index in [1.807, 2.05) is 0 Å². The van der Waals surface area contributed by atoms with E-state index in [-0.39, 0.29) is 30.7 Å². The SMILES string of the molecule is O=C1CC[C@H]([N+](=O)[O-])[C@@H](c2cccc([N+](=O)[O-])c2)C1. The van der Waals surface area contributed by atoms with Crippen LogP contribution >= 0.6 is 0 Å². The van der Waals surface area contributed by atoms with Gasteiger partial charge >= 0.3 is 0 Å². The fourth-order valence-corrected chi connectivity index (χ4v) is 2.45. The first kappa shape index (κ1) is 13.1. The van der Waals surface area contributed by atoms with E-state index >= 15 is 0 Å². The summed E-state index contributed by atoms with van der Waals surface area (Å²) in [5.74, 6) is -0.606. The molecule has 0 amide bonds. The number of non-ortho nitro benzene ring substituents is 1. The lowest BCUT2D eigenvalue weighted by Gasteiger charge is -2.24. The molecule has 1 aliphatic rings. The lowest BCUT2D eigenvalue weighted by atomic mass is 9.79. The van der Waals surface area contributed by atoms with Crippen LogP contribution in [0.1, 0.15) is 30.7 Å². The van der Waals surface area contributed by atoms with E-state index < -0.39 is 21.8 Å². The molecule has 7 heteroatoms. The Bertz CT molecular complexity index is 543. The largest absolute Gasteiger partial charge is 0.300 e. The van der Waals surface area contributed by atoms with Crippen LogP contribution in [0.2, 0.25) is 0 Å². The molecule has 100 valence electrons. The third-order valence-electron chi connectivity index (χ3n) is 3.41. The number of ketones is 1. The normalized spacial score (nSPS) is 23.1. The lowest BCUT2D eigenvalue weighted by Crippen LogP contribution is -2.34. The predicted molar refractivity (Wildman–Crippen MR) is 65.5 cm³/mol. The topological polar surface area (TPSA) is 103 Å². The maximum atomic E-state index is 11.5. The van der Waals surface area contributed by atoms with E-state index in [1.165, 1.54) is 18.2 Å². The van der Waals surface area contributed by atoms with E-state index in [0.717, 1.165) is 0 Å². The molecule has 0 spiro atoms. The number of nitro groups is 2. The second-order valence-corrected chi connectivity index (χ2v) is 4.59. The molecule has 0 heterocycles. The van der Waals surface area contributed by atoms with Crippen LogP contribution in [0.5, 0.6) is 0 Å². The highest BCUT2D eigenvalue weighted by Crippen LogP contribution is 2.34. The molecule has 1 aromatic rings. The molecular weight excluding hydrogens is 252 g/mol. The Hall–Kier alpha value is -2.31. The molecule has 19 heavy (non-hydrogen) atoms. The predicted octanol–water partition coefficient (Wildman–Crippen LogP) is 2.08. The first-order valence-corrected chi connectivity index (χ1v) is 5.88. The highest BCUT2D eigenvalue weighted by atomic mass is 16.6. The molecule has 1 aliphatic carbocycles. The molecule has 0 radical (unpaired) electrons. The second-order valence-electron chi connectivity index (χ2n) is 4.59. The molecule has 0 N–H and O–H groups in total. The van der Waals surface area contributed by atoms with Crippen molar-refractivity contribution in [1.29, 1.82) is 0 Å². The van der Waals surface area contributed by atoms with Crippen LogP contribution in [-0.2, 0) is 4.79 Å². The van der Waals surface area contributed by atoms with Crippen molar-refractivity contribution < 1.29 is 14.6 Å². The quantitative estimate of drug-likeness (QED) is 0.614. The van der Waals surface area contributed by atoms with Gasteiger partial charge in [-0.2, -0.15) is 0 Å². The lowest BCUT2D eigenvalue weighted by molar-refractivity contribution is -0.528. The molecule has 2 rings (SSSR count). The Morgan fingerprint density at radius 1 is 1.21 bits per heavy atom. The van der Waals surface area contributed by atoms with E-state index in [1.54, 1.807) is 6.07 Å². The van der Waals surface area contributed by atoms with Crippen LogP contribution in [0.15, 0.2) is 24.3 Å². The smallest absolute Gasteiger partial charge is 0.269 e. The Labute approximate surface area is 108 Å². The first-order valence-electron chi connectivity index (χ1n) is 5.88. The summed E-state index contributed by atoms with van der Waals surface area (Å²) in [7, 11) is 0. The van der Waals surface area contributed by atoms with Crippen molar-refractivity contribution in [2.45, 2.75) is 31.2 Å². The minimum atomic E-state index is -0.847. The summed E-state index contributed by atoms with van der Waals surface area (Å²) in [4.78, 5) is 32.3. The van der Waals surface area contributed by atoms with Crippen LogP contribution < -0.4 is 0 Å².